The smallest absolute Gasteiger partial charge is 0.233 e. The Kier molecular flexibility index (Phi) is 6.14. The van der Waals surface area contributed by atoms with Crippen LogP contribution in [0.4, 0.5) is 5.69 Å². The van der Waals surface area contributed by atoms with Crippen LogP contribution in [0.3, 0.4) is 0 Å². The molecule has 5 heteroatoms. The first-order valence-electron chi connectivity index (χ1n) is 6.23. The second-order valence-electron chi connectivity index (χ2n) is 4.31. The molecule has 0 saturated heterocycles. The van der Waals surface area contributed by atoms with E-state index in [0.717, 1.165) is 24.3 Å². The van der Waals surface area contributed by atoms with Gasteiger partial charge in [-0.3, -0.25) is 14.7 Å². The van der Waals surface area contributed by atoms with E-state index >= 15 is 0 Å². The van der Waals surface area contributed by atoms with Crippen molar-refractivity contribution in [3.8, 4) is 0 Å². The van der Waals surface area contributed by atoms with E-state index in [4.69, 9.17) is 0 Å². The summed E-state index contributed by atoms with van der Waals surface area (Å²) in [6, 6.07) is 3.98. The molecule has 1 heterocycles. The van der Waals surface area contributed by atoms with Gasteiger partial charge in [-0.15, -0.1) is 0 Å². The van der Waals surface area contributed by atoms with Gasteiger partial charge in [0, 0.05) is 32.0 Å². The van der Waals surface area contributed by atoms with E-state index in [0.29, 0.717) is 13.1 Å². The zero-order valence-electron chi connectivity index (χ0n) is 11.4. The molecule has 0 atom stereocenters. The third-order valence-corrected chi connectivity index (χ3v) is 2.52. The Balaban J connectivity index is 2.53. The summed E-state index contributed by atoms with van der Waals surface area (Å²) >= 11 is 0. The van der Waals surface area contributed by atoms with Crippen molar-refractivity contribution < 1.29 is 4.79 Å². The van der Waals surface area contributed by atoms with Crippen molar-refractivity contribution in [1.29, 1.82) is 0 Å². The van der Waals surface area contributed by atoms with Gasteiger partial charge in [0.05, 0.1) is 12.2 Å². The zero-order chi connectivity index (χ0) is 13.4. The minimum absolute atomic E-state index is 0.0118. The Hall–Kier alpha value is -1.62. The van der Waals surface area contributed by atoms with Crippen LogP contribution in [0.25, 0.3) is 0 Å². The number of pyridine rings is 1. The monoisotopic (exact) mass is 250 g/mol. The molecule has 0 unspecified atom stereocenters. The summed E-state index contributed by atoms with van der Waals surface area (Å²) in [6.45, 7) is 4.13. The van der Waals surface area contributed by atoms with Crippen LogP contribution in [0.1, 0.15) is 19.0 Å². The average molecular weight is 250 g/mol. The summed E-state index contributed by atoms with van der Waals surface area (Å²) in [5.41, 5.74) is 2.04. The lowest BCUT2D eigenvalue weighted by Gasteiger charge is -2.15. The first-order chi connectivity index (χ1) is 8.65. The van der Waals surface area contributed by atoms with Gasteiger partial charge in [-0.1, -0.05) is 6.92 Å². The molecule has 0 spiro atoms. The van der Waals surface area contributed by atoms with E-state index in [1.807, 2.05) is 24.1 Å². The predicted octanol–water partition coefficient (Wildman–Crippen LogP) is 1.08. The van der Waals surface area contributed by atoms with Crippen LogP contribution in [0.5, 0.6) is 0 Å². The number of anilines is 1. The number of carbonyl (C=O) groups excluding carboxylic acids is 1. The number of amides is 1. The Bertz CT molecular complexity index is 381. The van der Waals surface area contributed by atoms with Crippen LogP contribution in [-0.2, 0) is 11.3 Å². The Morgan fingerprint density at radius 1 is 1.50 bits per heavy atom. The molecule has 1 amide bonds. The summed E-state index contributed by atoms with van der Waals surface area (Å²) in [4.78, 5) is 17.5. The van der Waals surface area contributed by atoms with E-state index in [9.17, 15) is 4.79 Å². The van der Waals surface area contributed by atoms with Crippen LogP contribution in [0, 0.1) is 0 Å². The molecule has 0 bridgehead atoms. The van der Waals surface area contributed by atoms with Crippen molar-refractivity contribution in [2.75, 3.05) is 32.5 Å². The molecule has 0 aliphatic rings. The van der Waals surface area contributed by atoms with Gasteiger partial charge in [0.15, 0.2) is 0 Å². The number of aromatic nitrogens is 1. The van der Waals surface area contributed by atoms with E-state index in [1.165, 1.54) is 0 Å². The van der Waals surface area contributed by atoms with Gasteiger partial charge in [0.25, 0.3) is 0 Å². The normalized spacial score (nSPS) is 10.4. The molecule has 0 aliphatic carbocycles. The summed E-state index contributed by atoms with van der Waals surface area (Å²) in [6.07, 6.45) is 2.88. The number of rotatable bonds is 7. The molecule has 0 aromatic carbocycles. The first kappa shape index (κ1) is 14.4. The molecule has 1 rings (SSSR count). The van der Waals surface area contributed by atoms with Gasteiger partial charge >= 0.3 is 0 Å². The minimum atomic E-state index is 0.0118. The van der Waals surface area contributed by atoms with Crippen molar-refractivity contribution in [1.82, 2.24) is 15.2 Å². The van der Waals surface area contributed by atoms with Gasteiger partial charge in [-0.2, -0.15) is 0 Å². The lowest BCUT2D eigenvalue weighted by molar-refractivity contribution is -0.121. The lowest BCUT2D eigenvalue weighted by atomic mass is 10.3. The molecule has 1 aromatic rings. The largest absolute Gasteiger partial charge is 0.385 e. The number of nitrogens with one attached hydrogen (secondary N) is 2. The molecule has 1 aromatic heterocycles. The second kappa shape index (κ2) is 7.66. The predicted molar refractivity (Wildman–Crippen MR) is 73.4 cm³/mol. The summed E-state index contributed by atoms with van der Waals surface area (Å²) in [5, 5.41) is 5.93. The van der Waals surface area contributed by atoms with E-state index in [2.05, 4.69) is 22.5 Å². The SMILES string of the molecule is CCCNc1ccnc(CN(C)CC(=O)NC)c1. The maximum Gasteiger partial charge on any atom is 0.233 e. The van der Waals surface area contributed by atoms with E-state index in [-0.39, 0.29) is 5.91 Å². The standard InChI is InChI=1S/C13H22N4O/c1-4-6-15-11-5-7-16-12(8-11)9-17(3)10-13(18)14-2/h5,7-8H,4,6,9-10H2,1-3H3,(H,14,18)(H,15,16). The zero-order valence-corrected chi connectivity index (χ0v) is 11.4. The third kappa shape index (κ3) is 5.14. The topological polar surface area (TPSA) is 57.3 Å². The molecular weight excluding hydrogens is 228 g/mol. The highest BCUT2D eigenvalue weighted by atomic mass is 16.1. The molecule has 0 aliphatic heterocycles. The highest BCUT2D eigenvalue weighted by Gasteiger charge is 2.06. The quantitative estimate of drug-likeness (QED) is 0.760. The Labute approximate surface area is 109 Å². The molecule has 100 valence electrons. The van der Waals surface area contributed by atoms with Crippen molar-refractivity contribution >= 4 is 11.6 Å². The van der Waals surface area contributed by atoms with Gasteiger partial charge < -0.3 is 10.6 Å². The molecule has 0 saturated carbocycles. The van der Waals surface area contributed by atoms with Gasteiger partial charge in [-0.05, 0) is 25.6 Å². The van der Waals surface area contributed by atoms with Crippen LogP contribution < -0.4 is 10.6 Å². The van der Waals surface area contributed by atoms with Crippen LogP contribution >= 0.6 is 0 Å². The number of hydrogen-bond acceptors (Lipinski definition) is 4. The average Bonchev–Trinajstić information content (AvgIpc) is 2.36. The Morgan fingerprint density at radius 3 is 2.94 bits per heavy atom. The minimum Gasteiger partial charge on any atom is -0.385 e. The van der Waals surface area contributed by atoms with Crippen molar-refractivity contribution in [3.05, 3.63) is 24.0 Å². The molecule has 0 radical (unpaired) electrons. The van der Waals surface area contributed by atoms with Crippen molar-refractivity contribution in [2.24, 2.45) is 0 Å². The third-order valence-electron chi connectivity index (χ3n) is 2.52. The Morgan fingerprint density at radius 2 is 2.28 bits per heavy atom. The van der Waals surface area contributed by atoms with Crippen LogP contribution in [-0.4, -0.2) is 43.0 Å². The molecule has 5 nitrogen and oxygen atoms in total. The molecule has 2 N–H and O–H groups in total. The van der Waals surface area contributed by atoms with Crippen LogP contribution in [0.2, 0.25) is 0 Å². The highest BCUT2D eigenvalue weighted by molar-refractivity contribution is 5.77. The highest BCUT2D eigenvalue weighted by Crippen LogP contribution is 2.09. The maximum absolute atomic E-state index is 11.2. The van der Waals surface area contributed by atoms with Gasteiger partial charge in [-0.25, -0.2) is 0 Å². The molecule has 0 fully saturated rings. The van der Waals surface area contributed by atoms with Crippen molar-refractivity contribution in [3.63, 3.8) is 0 Å². The summed E-state index contributed by atoms with van der Waals surface area (Å²) in [7, 11) is 3.55. The lowest BCUT2D eigenvalue weighted by Crippen LogP contribution is -2.32. The molecule has 18 heavy (non-hydrogen) atoms. The maximum atomic E-state index is 11.2. The fraction of sp³-hybridized carbons (Fsp3) is 0.538. The van der Waals surface area contributed by atoms with Crippen LogP contribution in [0.15, 0.2) is 18.3 Å². The fourth-order valence-corrected chi connectivity index (χ4v) is 1.60. The van der Waals surface area contributed by atoms with E-state index < -0.39 is 0 Å². The number of hydrogen-bond donors (Lipinski definition) is 2. The van der Waals surface area contributed by atoms with Crippen molar-refractivity contribution in [2.45, 2.75) is 19.9 Å². The first-order valence-corrected chi connectivity index (χ1v) is 6.23. The number of nitrogens with zero attached hydrogens (tertiary/aromatic N) is 2. The molecular formula is C13H22N4O. The number of carbonyl (C=O) groups is 1. The summed E-state index contributed by atoms with van der Waals surface area (Å²) < 4.78 is 0. The summed E-state index contributed by atoms with van der Waals surface area (Å²) in [5.74, 6) is 0.0118. The number of likely N-dealkylation sites (N-methyl/N-ethyl adjacent to an activating group) is 2. The fourth-order valence-electron chi connectivity index (χ4n) is 1.60. The van der Waals surface area contributed by atoms with Gasteiger partial charge in [0.1, 0.15) is 0 Å². The van der Waals surface area contributed by atoms with E-state index in [1.54, 1.807) is 13.2 Å². The second-order valence-corrected chi connectivity index (χ2v) is 4.31. The van der Waals surface area contributed by atoms with Gasteiger partial charge in [0.2, 0.25) is 5.91 Å².